The first kappa shape index (κ1) is 26.7. The zero-order valence-corrected chi connectivity index (χ0v) is 21.3. The van der Waals surface area contributed by atoms with Crippen molar-refractivity contribution < 1.29 is 14.0 Å². The maximum Gasteiger partial charge on any atom is 0.243 e. The lowest BCUT2D eigenvalue weighted by molar-refractivity contribution is -0.141. The summed E-state index contributed by atoms with van der Waals surface area (Å²) in [5.74, 6) is -0.845. The molecule has 4 nitrogen and oxygen atoms in total. The van der Waals surface area contributed by atoms with E-state index in [0.29, 0.717) is 22.0 Å². The fraction of sp³-hybridized carbons (Fsp3) is 0.286. The molecule has 7 heteroatoms. The Bertz CT molecular complexity index is 1140. The van der Waals surface area contributed by atoms with Crippen LogP contribution in [0.25, 0.3) is 0 Å². The minimum Gasteiger partial charge on any atom is -0.352 e. The summed E-state index contributed by atoms with van der Waals surface area (Å²) in [4.78, 5) is 28.7. The Morgan fingerprint density at radius 3 is 2.20 bits per heavy atom. The smallest absolute Gasteiger partial charge is 0.243 e. The first-order valence-electron chi connectivity index (χ1n) is 11.6. The summed E-state index contributed by atoms with van der Waals surface area (Å²) in [7, 11) is 0. The summed E-state index contributed by atoms with van der Waals surface area (Å²) in [6, 6.07) is 19.8. The van der Waals surface area contributed by atoms with Gasteiger partial charge >= 0.3 is 0 Å². The summed E-state index contributed by atoms with van der Waals surface area (Å²) in [5.41, 5.74) is 2.35. The molecule has 0 unspecified atom stereocenters. The van der Waals surface area contributed by atoms with E-state index in [1.807, 2.05) is 44.2 Å². The molecular weight excluding hydrogens is 486 g/mol. The quantitative estimate of drug-likeness (QED) is 0.348. The lowest BCUT2D eigenvalue weighted by Crippen LogP contribution is -2.52. The van der Waals surface area contributed by atoms with Gasteiger partial charge in [0, 0.05) is 19.0 Å². The third-order valence-corrected chi connectivity index (χ3v) is 6.62. The van der Waals surface area contributed by atoms with Crippen LogP contribution in [0.1, 0.15) is 37.0 Å². The van der Waals surface area contributed by atoms with Crippen molar-refractivity contribution in [2.75, 3.05) is 0 Å². The first-order valence-corrected chi connectivity index (χ1v) is 12.3. The number of nitrogens with zero attached hydrogens (tertiary/aromatic N) is 1. The third kappa shape index (κ3) is 7.81. The molecule has 3 aromatic carbocycles. The molecule has 1 N–H and O–H groups in total. The van der Waals surface area contributed by atoms with Gasteiger partial charge in [-0.25, -0.2) is 4.39 Å². The second-order valence-corrected chi connectivity index (χ2v) is 9.41. The number of amides is 2. The molecular formula is C28H29Cl2FN2O2. The second-order valence-electron chi connectivity index (χ2n) is 8.60. The number of benzene rings is 3. The molecule has 0 aliphatic rings. The van der Waals surface area contributed by atoms with E-state index >= 15 is 0 Å². The Kier molecular flexibility index (Phi) is 9.70. The van der Waals surface area contributed by atoms with E-state index < -0.39 is 6.04 Å². The van der Waals surface area contributed by atoms with Crippen LogP contribution in [0.2, 0.25) is 10.0 Å². The zero-order valence-electron chi connectivity index (χ0n) is 19.8. The molecule has 0 heterocycles. The van der Waals surface area contributed by atoms with Crippen LogP contribution in [0.4, 0.5) is 4.39 Å². The lowest BCUT2D eigenvalue weighted by atomic mass is 10.0. The predicted octanol–water partition coefficient (Wildman–Crippen LogP) is 6.23. The predicted molar refractivity (Wildman–Crippen MR) is 139 cm³/mol. The Hall–Kier alpha value is -2.89. The van der Waals surface area contributed by atoms with Crippen LogP contribution in [-0.4, -0.2) is 28.8 Å². The van der Waals surface area contributed by atoms with E-state index in [2.05, 4.69) is 5.32 Å². The minimum absolute atomic E-state index is 0.0313. The second kappa shape index (κ2) is 12.7. The standard InChI is InChI=1S/C28H29Cl2FN2O2/c1-3-19(2)32-28(35)26(16-20-7-5-4-6-8-20)33(18-22-11-14-24(29)25(30)15-22)27(34)17-21-9-12-23(31)13-10-21/h4-15,19,26H,3,16-18H2,1-2H3,(H,32,35)/t19-,26-/m1/s1. The SMILES string of the molecule is CC[C@@H](C)NC(=O)[C@@H](Cc1ccccc1)N(Cc1ccc(Cl)c(Cl)c1)C(=O)Cc1ccc(F)cc1. The molecule has 0 saturated heterocycles. The topological polar surface area (TPSA) is 49.4 Å². The van der Waals surface area contributed by atoms with Gasteiger partial charge in [-0.1, -0.05) is 78.7 Å². The van der Waals surface area contributed by atoms with Gasteiger partial charge in [0.2, 0.25) is 11.8 Å². The highest BCUT2D eigenvalue weighted by molar-refractivity contribution is 6.42. The molecule has 2 atom stereocenters. The molecule has 0 saturated carbocycles. The Balaban J connectivity index is 1.98. The van der Waals surface area contributed by atoms with Gasteiger partial charge < -0.3 is 10.2 Å². The van der Waals surface area contributed by atoms with Crippen LogP contribution in [0.15, 0.2) is 72.8 Å². The normalized spacial score (nSPS) is 12.6. The fourth-order valence-corrected chi connectivity index (χ4v) is 4.03. The highest BCUT2D eigenvalue weighted by Gasteiger charge is 2.31. The van der Waals surface area contributed by atoms with E-state index in [-0.39, 0.29) is 36.6 Å². The summed E-state index contributed by atoms with van der Waals surface area (Å²) in [5, 5.41) is 3.82. The van der Waals surface area contributed by atoms with Crippen molar-refractivity contribution >= 4 is 35.0 Å². The largest absolute Gasteiger partial charge is 0.352 e. The van der Waals surface area contributed by atoms with E-state index in [0.717, 1.165) is 17.5 Å². The van der Waals surface area contributed by atoms with Gasteiger partial charge in [-0.3, -0.25) is 9.59 Å². The van der Waals surface area contributed by atoms with Crippen LogP contribution in [0.3, 0.4) is 0 Å². The first-order chi connectivity index (χ1) is 16.8. The Morgan fingerprint density at radius 1 is 0.914 bits per heavy atom. The Labute approximate surface area is 216 Å². The van der Waals surface area contributed by atoms with Gasteiger partial charge in [-0.05, 0) is 54.3 Å². The highest BCUT2D eigenvalue weighted by atomic mass is 35.5. The van der Waals surface area contributed by atoms with Gasteiger partial charge in [-0.15, -0.1) is 0 Å². The molecule has 3 aromatic rings. The molecule has 2 amide bonds. The average molecular weight is 515 g/mol. The van der Waals surface area contributed by atoms with Crippen molar-refractivity contribution in [1.29, 1.82) is 0 Å². The van der Waals surface area contributed by atoms with Crippen molar-refractivity contribution in [2.24, 2.45) is 0 Å². The molecule has 35 heavy (non-hydrogen) atoms. The molecule has 0 radical (unpaired) electrons. The van der Waals surface area contributed by atoms with Gasteiger partial charge in [0.15, 0.2) is 0 Å². The van der Waals surface area contributed by atoms with Crippen molar-refractivity contribution in [1.82, 2.24) is 10.2 Å². The van der Waals surface area contributed by atoms with Gasteiger partial charge in [0.05, 0.1) is 16.5 Å². The summed E-state index contributed by atoms with van der Waals surface area (Å²) in [6.07, 6.45) is 1.14. The van der Waals surface area contributed by atoms with Crippen molar-refractivity contribution in [2.45, 2.75) is 51.7 Å². The molecule has 0 bridgehead atoms. The zero-order chi connectivity index (χ0) is 25.4. The van der Waals surface area contributed by atoms with Crippen LogP contribution < -0.4 is 5.32 Å². The van der Waals surface area contributed by atoms with Crippen LogP contribution >= 0.6 is 23.2 Å². The van der Waals surface area contributed by atoms with Crippen LogP contribution in [-0.2, 0) is 29.0 Å². The minimum atomic E-state index is -0.756. The third-order valence-electron chi connectivity index (χ3n) is 5.88. The number of hydrogen-bond donors (Lipinski definition) is 1. The van der Waals surface area contributed by atoms with Gasteiger partial charge in [0.25, 0.3) is 0 Å². The average Bonchev–Trinajstić information content (AvgIpc) is 2.85. The van der Waals surface area contributed by atoms with E-state index in [9.17, 15) is 14.0 Å². The lowest BCUT2D eigenvalue weighted by Gasteiger charge is -2.32. The van der Waals surface area contributed by atoms with Crippen molar-refractivity contribution in [3.8, 4) is 0 Å². The molecule has 0 aliphatic carbocycles. The molecule has 0 fully saturated rings. The van der Waals surface area contributed by atoms with E-state index in [1.165, 1.54) is 12.1 Å². The molecule has 0 spiro atoms. The van der Waals surface area contributed by atoms with E-state index in [1.54, 1.807) is 35.2 Å². The maximum absolute atomic E-state index is 13.6. The number of nitrogens with one attached hydrogen (secondary N) is 1. The summed E-state index contributed by atoms with van der Waals surface area (Å²) in [6.45, 7) is 4.09. The van der Waals surface area contributed by atoms with Gasteiger partial charge in [-0.2, -0.15) is 0 Å². The summed E-state index contributed by atoms with van der Waals surface area (Å²) >= 11 is 12.3. The van der Waals surface area contributed by atoms with Crippen LogP contribution in [0.5, 0.6) is 0 Å². The molecule has 3 rings (SSSR count). The monoisotopic (exact) mass is 514 g/mol. The number of halogens is 3. The number of carbonyl (C=O) groups is 2. The summed E-state index contributed by atoms with van der Waals surface area (Å²) < 4.78 is 13.4. The van der Waals surface area contributed by atoms with Crippen LogP contribution in [0, 0.1) is 5.82 Å². The van der Waals surface area contributed by atoms with E-state index in [4.69, 9.17) is 23.2 Å². The highest BCUT2D eigenvalue weighted by Crippen LogP contribution is 2.24. The van der Waals surface area contributed by atoms with Crippen molar-refractivity contribution in [3.05, 3.63) is 105 Å². The molecule has 0 aromatic heterocycles. The number of rotatable bonds is 10. The van der Waals surface area contributed by atoms with Crippen molar-refractivity contribution in [3.63, 3.8) is 0 Å². The van der Waals surface area contributed by atoms with Gasteiger partial charge in [0.1, 0.15) is 11.9 Å². The Morgan fingerprint density at radius 2 is 1.57 bits per heavy atom. The fourth-order valence-electron chi connectivity index (χ4n) is 3.71. The number of hydrogen-bond acceptors (Lipinski definition) is 2. The molecule has 184 valence electrons. The maximum atomic E-state index is 13.6. The molecule has 0 aliphatic heterocycles. The number of carbonyl (C=O) groups excluding carboxylic acids is 2.